The van der Waals surface area contributed by atoms with Gasteiger partial charge in [-0.2, -0.15) is 0 Å². The number of nitrogens with one attached hydrogen (secondary N) is 1. The fraction of sp³-hybridized carbons (Fsp3) is 0.481. The molecule has 0 saturated heterocycles. The first-order chi connectivity index (χ1) is 15.4. The second-order valence-electron chi connectivity index (χ2n) is 9.21. The van der Waals surface area contributed by atoms with E-state index in [0.717, 1.165) is 54.6 Å². The van der Waals surface area contributed by atoms with Crippen LogP contribution in [0.4, 0.5) is 11.4 Å². The van der Waals surface area contributed by atoms with Crippen molar-refractivity contribution in [1.82, 2.24) is 5.32 Å². The van der Waals surface area contributed by atoms with E-state index in [4.69, 9.17) is 0 Å². The Morgan fingerprint density at radius 3 is 2.53 bits per heavy atom. The molecular formula is C27H35N3O2. The largest absolute Gasteiger partial charge is 0.385 e. The molecule has 1 N–H and O–H groups in total. The van der Waals surface area contributed by atoms with Gasteiger partial charge in [-0.3, -0.25) is 9.59 Å². The number of hydrogen-bond donors (Lipinski definition) is 1. The lowest BCUT2D eigenvalue weighted by Gasteiger charge is -2.41. The van der Waals surface area contributed by atoms with E-state index in [1.165, 1.54) is 5.70 Å². The number of anilines is 2. The molecule has 2 amide bonds. The fourth-order valence-corrected chi connectivity index (χ4v) is 4.80. The Morgan fingerprint density at radius 1 is 1.12 bits per heavy atom. The molecule has 5 heteroatoms. The van der Waals surface area contributed by atoms with Gasteiger partial charge in [0, 0.05) is 43.1 Å². The number of hydrogen-bond acceptors (Lipinski definition) is 3. The molecule has 2 aliphatic carbocycles. The molecule has 4 rings (SSSR count). The molecule has 1 atom stereocenters. The van der Waals surface area contributed by atoms with Gasteiger partial charge in [0.15, 0.2) is 0 Å². The van der Waals surface area contributed by atoms with Crippen LogP contribution in [0.3, 0.4) is 0 Å². The van der Waals surface area contributed by atoms with Crippen molar-refractivity contribution < 1.29 is 9.59 Å². The minimum absolute atomic E-state index is 0.0129. The van der Waals surface area contributed by atoms with Gasteiger partial charge in [-0.05, 0) is 50.3 Å². The minimum Gasteiger partial charge on any atom is -0.385 e. The third kappa shape index (κ3) is 4.38. The lowest BCUT2D eigenvalue weighted by molar-refractivity contribution is -0.120. The molecule has 1 unspecified atom stereocenters. The average molecular weight is 434 g/mol. The van der Waals surface area contributed by atoms with Crippen LogP contribution in [0.2, 0.25) is 0 Å². The predicted octanol–water partition coefficient (Wildman–Crippen LogP) is 5.19. The Morgan fingerprint density at radius 2 is 1.88 bits per heavy atom. The normalized spacial score (nSPS) is 20.5. The maximum Gasteiger partial charge on any atom is 0.230 e. The summed E-state index contributed by atoms with van der Waals surface area (Å²) >= 11 is 0. The number of benzene rings is 1. The van der Waals surface area contributed by atoms with Gasteiger partial charge in [-0.15, -0.1) is 0 Å². The molecule has 1 aromatic carbocycles. The summed E-state index contributed by atoms with van der Waals surface area (Å²) in [5.74, 6) is 0.343. The van der Waals surface area contributed by atoms with Crippen molar-refractivity contribution >= 4 is 28.8 Å². The molecule has 5 nitrogen and oxygen atoms in total. The van der Waals surface area contributed by atoms with Crippen LogP contribution >= 0.6 is 0 Å². The number of amides is 2. The van der Waals surface area contributed by atoms with Crippen molar-refractivity contribution in [2.75, 3.05) is 16.3 Å². The highest BCUT2D eigenvalue weighted by molar-refractivity contribution is 6.06. The van der Waals surface area contributed by atoms with Crippen molar-refractivity contribution in [3.63, 3.8) is 0 Å². The quantitative estimate of drug-likeness (QED) is 0.672. The van der Waals surface area contributed by atoms with E-state index in [1.54, 1.807) is 6.92 Å². The zero-order valence-corrected chi connectivity index (χ0v) is 19.7. The summed E-state index contributed by atoms with van der Waals surface area (Å²) in [6, 6.07) is 6.60. The lowest BCUT2D eigenvalue weighted by Crippen LogP contribution is -2.51. The van der Waals surface area contributed by atoms with Crippen molar-refractivity contribution in [2.24, 2.45) is 5.92 Å². The number of carbonyl (C=O) groups is 2. The Hall–Kier alpha value is -2.82. The van der Waals surface area contributed by atoms with Crippen LogP contribution < -0.4 is 15.1 Å². The average Bonchev–Trinajstić information content (AvgIpc) is 3.63. The number of allylic oxidation sites excluding steroid dienone is 5. The van der Waals surface area contributed by atoms with E-state index in [1.807, 2.05) is 22.8 Å². The minimum atomic E-state index is -0.0400. The molecule has 1 aliphatic heterocycles. The monoisotopic (exact) mass is 433 g/mol. The van der Waals surface area contributed by atoms with E-state index >= 15 is 0 Å². The van der Waals surface area contributed by atoms with Crippen LogP contribution in [0.25, 0.3) is 5.57 Å². The maximum atomic E-state index is 13.1. The molecule has 0 radical (unpaired) electrons. The van der Waals surface area contributed by atoms with Crippen LogP contribution in [0, 0.1) is 5.92 Å². The highest BCUT2D eigenvalue weighted by Crippen LogP contribution is 2.42. The third-order valence-corrected chi connectivity index (χ3v) is 6.78. The third-order valence-electron chi connectivity index (χ3n) is 6.78. The van der Waals surface area contributed by atoms with Crippen LogP contribution in [0.5, 0.6) is 0 Å². The van der Waals surface area contributed by atoms with Crippen LogP contribution in [-0.4, -0.2) is 30.4 Å². The summed E-state index contributed by atoms with van der Waals surface area (Å²) in [6.07, 6.45) is 13.4. The van der Waals surface area contributed by atoms with E-state index < -0.39 is 0 Å². The van der Waals surface area contributed by atoms with E-state index in [9.17, 15) is 9.59 Å². The summed E-state index contributed by atoms with van der Waals surface area (Å²) in [7, 11) is 0. The highest BCUT2D eigenvalue weighted by Gasteiger charge is 2.39. The van der Waals surface area contributed by atoms with Crippen molar-refractivity contribution in [1.29, 1.82) is 0 Å². The number of carbonyl (C=O) groups excluding carboxylic acids is 2. The Balaban J connectivity index is 1.80. The number of fused-ring (bicyclic) bond motifs is 1. The van der Waals surface area contributed by atoms with Crippen LogP contribution in [0.15, 0.2) is 48.2 Å². The Labute approximate surface area is 191 Å². The van der Waals surface area contributed by atoms with Gasteiger partial charge < -0.3 is 15.1 Å². The molecule has 3 aliphatic rings. The van der Waals surface area contributed by atoms with Gasteiger partial charge in [-0.1, -0.05) is 44.2 Å². The van der Waals surface area contributed by atoms with Gasteiger partial charge >= 0.3 is 0 Å². The summed E-state index contributed by atoms with van der Waals surface area (Å²) in [5, 5.41) is 3.75. The predicted molar refractivity (Wildman–Crippen MR) is 131 cm³/mol. The first-order valence-electron chi connectivity index (χ1n) is 12.0. The van der Waals surface area contributed by atoms with Gasteiger partial charge in [0.2, 0.25) is 11.8 Å². The fourth-order valence-electron chi connectivity index (χ4n) is 4.80. The highest BCUT2D eigenvalue weighted by atomic mass is 16.2. The molecule has 170 valence electrons. The first-order valence-corrected chi connectivity index (χ1v) is 12.0. The summed E-state index contributed by atoms with van der Waals surface area (Å²) in [5.41, 5.74) is 5.11. The zero-order valence-electron chi connectivity index (χ0n) is 19.7. The molecule has 32 heavy (non-hydrogen) atoms. The molecule has 0 aromatic heterocycles. The topological polar surface area (TPSA) is 52.7 Å². The number of nitrogens with zero attached hydrogens (tertiary/aromatic N) is 2. The van der Waals surface area contributed by atoms with Gasteiger partial charge in [0.1, 0.15) is 0 Å². The molecule has 1 fully saturated rings. The van der Waals surface area contributed by atoms with Crippen molar-refractivity contribution in [3.05, 3.63) is 53.8 Å². The zero-order chi connectivity index (χ0) is 22.8. The molecular weight excluding hydrogens is 398 g/mol. The second-order valence-corrected chi connectivity index (χ2v) is 9.21. The summed E-state index contributed by atoms with van der Waals surface area (Å²) < 4.78 is 0. The van der Waals surface area contributed by atoms with E-state index in [-0.39, 0.29) is 23.8 Å². The standard InChI is InChI=1S/C27H35N3O2/c1-5-22(6-2)28-24-11-9-7-8-10-23(24)21-14-15-25-26(16-21)29(27(32)20-12-13-20)17-18(3)30(25)19(4)31/h7-10,14-16,18,20,22,28H,5-6,11-13,17H2,1-4H3. The summed E-state index contributed by atoms with van der Waals surface area (Å²) in [6.45, 7) is 8.58. The first kappa shape index (κ1) is 22.4. The SMILES string of the molecule is CCC(CC)NC1=C(c2ccc3c(c2)N(C(=O)C2CC2)CC(C)N3C(C)=O)C=CC=CC1. The van der Waals surface area contributed by atoms with Gasteiger partial charge in [0.25, 0.3) is 0 Å². The van der Waals surface area contributed by atoms with E-state index in [2.05, 4.69) is 55.6 Å². The molecule has 0 bridgehead atoms. The maximum absolute atomic E-state index is 13.1. The van der Waals surface area contributed by atoms with Crippen LogP contribution in [0.1, 0.15) is 65.4 Å². The number of rotatable bonds is 6. The molecule has 1 aromatic rings. The molecule has 1 saturated carbocycles. The second kappa shape index (κ2) is 9.35. The summed E-state index contributed by atoms with van der Waals surface area (Å²) in [4.78, 5) is 29.4. The van der Waals surface area contributed by atoms with Gasteiger partial charge in [0.05, 0.1) is 17.4 Å². The smallest absolute Gasteiger partial charge is 0.230 e. The Bertz CT molecular complexity index is 983. The van der Waals surface area contributed by atoms with E-state index in [0.29, 0.717) is 12.6 Å². The molecule has 1 heterocycles. The molecule has 0 spiro atoms. The van der Waals surface area contributed by atoms with Crippen LogP contribution in [-0.2, 0) is 9.59 Å². The lowest BCUT2D eigenvalue weighted by atomic mass is 9.97. The Kier molecular flexibility index (Phi) is 6.54. The van der Waals surface area contributed by atoms with Gasteiger partial charge in [-0.25, -0.2) is 0 Å². The van der Waals surface area contributed by atoms with Crippen molar-refractivity contribution in [3.8, 4) is 0 Å². The van der Waals surface area contributed by atoms with Crippen molar-refractivity contribution in [2.45, 2.75) is 71.9 Å².